The predicted octanol–water partition coefficient (Wildman–Crippen LogP) is -1.86. The minimum atomic E-state index is -4.94. The number of fused-ring (bicyclic) bond motifs is 2. The first-order valence-corrected chi connectivity index (χ1v) is 8.52. The number of furan rings is 1. The van der Waals surface area contributed by atoms with Gasteiger partial charge in [0.25, 0.3) is 0 Å². The van der Waals surface area contributed by atoms with Gasteiger partial charge >= 0.3 is 0 Å². The van der Waals surface area contributed by atoms with Crippen LogP contribution in [-0.4, -0.2) is 5.11 Å². The zero-order valence-electron chi connectivity index (χ0n) is 12.9. The Morgan fingerprint density at radius 1 is 1.00 bits per heavy atom. The van der Waals surface area contributed by atoms with Crippen LogP contribution in [-0.2, 0) is 13.0 Å². The van der Waals surface area contributed by atoms with Gasteiger partial charge in [-0.2, -0.15) is 4.57 Å². The van der Waals surface area contributed by atoms with Crippen LogP contribution in [0.1, 0.15) is 16.8 Å². The van der Waals surface area contributed by atoms with E-state index in [0.717, 1.165) is 29.8 Å². The Hall–Kier alpha value is -2.42. The molecule has 0 atom stereocenters. The molecule has 7 nitrogen and oxygen atoms in total. The van der Waals surface area contributed by atoms with Crippen LogP contribution in [0.4, 0.5) is 0 Å². The van der Waals surface area contributed by atoms with E-state index in [0.29, 0.717) is 5.75 Å². The van der Waals surface area contributed by atoms with E-state index in [2.05, 4.69) is 22.8 Å². The second-order valence-corrected chi connectivity index (χ2v) is 6.24. The van der Waals surface area contributed by atoms with Gasteiger partial charge in [0, 0.05) is 22.8 Å². The normalized spacial score (nSPS) is 12.6. The number of pyridine rings is 1. The zero-order chi connectivity index (χ0) is 18.0. The zero-order valence-corrected chi connectivity index (χ0v) is 13.7. The average Bonchev–Trinajstić information content (AvgIpc) is 3.06. The average molecular weight is 364 g/mol. The maximum absolute atomic E-state index is 10.6. The number of nitrogens with zero attached hydrogens (tertiary/aromatic N) is 1. The standard InChI is InChI=1S/C17H13NO2.ClHO4/c19-17-15(14-6-8-20-11-14)5-7-18-10-13-4-2-1-3-12(13)9-16(17)18;2-1(3,4)5/h1-8,11H,9-10H2;(H,2,3,4,5). The number of benzene rings is 1. The van der Waals surface area contributed by atoms with E-state index in [1.165, 1.54) is 11.1 Å². The van der Waals surface area contributed by atoms with Gasteiger partial charge in [-0.15, -0.1) is 10.2 Å². The molecule has 0 spiro atoms. The SMILES string of the molecule is Oc1c(-c2ccoc2)cc[n+]2c1Cc1ccccc1C2.[O-][Cl+3]([O-])([O-])[O-]. The van der Waals surface area contributed by atoms with Crippen molar-refractivity contribution in [2.45, 2.75) is 13.0 Å². The quantitative estimate of drug-likeness (QED) is 0.395. The molecule has 8 heteroatoms. The number of hydrogen-bond donors (Lipinski definition) is 1. The van der Waals surface area contributed by atoms with Crippen molar-refractivity contribution >= 4 is 0 Å². The highest BCUT2D eigenvalue weighted by Crippen LogP contribution is 2.33. The summed E-state index contributed by atoms with van der Waals surface area (Å²) in [5.41, 5.74) is 5.30. The highest BCUT2D eigenvalue weighted by Gasteiger charge is 2.27. The molecule has 0 radical (unpaired) electrons. The van der Waals surface area contributed by atoms with Crippen LogP contribution in [0.3, 0.4) is 0 Å². The Kier molecular flexibility index (Phi) is 4.76. The van der Waals surface area contributed by atoms with Crippen LogP contribution >= 0.6 is 0 Å². The lowest BCUT2D eigenvalue weighted by Gasteiger charge is -2.17. The second kappa shape index (κ2) is 6.83. The number of halogens is 1. The molecule has 1 N–H and O–H groups in total. The topological polar surface area (TPSA) is 129 Å². The lowest BCUT2D eigenvalue weighted by Crippen LogP contribution is -2.68. The van der Waals surface area contributed by atoms with Crippen LogP contribution in [0.25, 0.3) is 11.1 Å². The third-order valence-electron chi connectivity index (χ3n) is 3.95. The van der Waals surface area contributed by atoms with Gasteiger partial charge in [-0.1, -0.05) is 24.3 Å². The maximum Gasteiger partial charge on any atom is 0.228 e. The van der Waals surface area contributed by atoms with Crippen molar-refractivity contribution in [1.82, 2.24) is 0 Å². The summed E-state index contributed by atoms with van der Waals surface area (Å²) in [6.45, 7) is 0.810. The van der Waals surface area contributed by atoms with E-state index >= 15 is 0 Å². The summed E-state index contributed by atoms with van der Waals surface area (Å²) in [5.74, 6) is 0.350. The molecule has 0 aliphatic carbocycles. The van der Waals surface area contributed by atoms with Gasteiger partial charge in [0.15, 0.2) is 18.5 Å². The highest BCUT2D eigenvalue weighted by atomic mass is 35.7. The molecule has 0 saturated carbocycles. The summed E-state index contributed by atoms with van der Waals surface area (Å²) < 4.78 is 41.2. The molecule has 0 unspecified atom stereocenters. The van der Waals surface area contributed by atoms with Gasteiger partial charge in [-0.3, -0.25) is 0 Å². The van der Waals surface area contributed by atoms with E-state index in [-0.39, 0.29) is 0 Å². The molecule has 0 saturated heterocycles. The van der Waals surface area contributed by atoms with Crippen LogP contribution in [0.2, 0.25) is 0 Å². The van der Waals surface area contributed by atoms with Crippen molar-refractivity contribution in [1.29, 1.82) is 0 Å². The Morgan fingerprint density at radius 2 is 1.68 bits per heavy atom. The molecule has 1 aliphatic rings. The minimum Gasteiger partial charge on any atom is -0.502 e. The summed E-state index contributed by atoms with van der Waals surface area (Å²) in [6.07, 6.45) is 6.07. The lowest BCUT2D eigenvalue weighted by molar-refractivity contribution is -2.00. The molecule has 1 aromatic carbocycles. The second-order valence-electron chi connectivity index (χ2n) is 5.49. The van der Waals surface area contributed by atoms with Crippen molar-refractivity contribution in [2.24, 2.45) is 0 Å². The lowest BCUT2D eigenvalue weighted by atomic mass is 9.96. The number of rotatable bonds is 1. The summed E-state index contributed by atoms with van der Waals surface area (Å²) in [5, 5.41) is 10.6. The minimum absolute atomic E-state index is 0.350. The molecule has 3 heterocycles. The van der Waals surface area contributed by atoms with Gasteiger partial charge in [-0.05, 0) is 11.6 Å². The van der Waals surface area contributed by atoms with E-state index in [1.54, 1.807) is 12.5 Å². The van der Waals surface area contributed by atoms with Crippen molar-refractivity contribution in [3.63, 3.8) is 0 Å². The third-order valence-corrected chi connectivity index (χ3v) is 3.95. The largest absolute Gasteiger partial charge is 0.502 e. The summed E-state index contributed by atoms with van der Waals surface area (Å²) in [6, 6.07) is 12.2. The van der Waals surface area contributed by atoms with Crippen LogP contribution in [0.15, 0.2) is 59.5 Å². The predicted molar refractivity (Wildman–Crippen MR) is 74.4 cm³/mol. The van der Waals surface area contributed by atoms with Crippen LogP contribution in [0.5, 0.6) is 5.75 Å². The Balaban J connectivity index is 0.000000324. The fourth-order valence-electron chi connectivity index (χ4n) is 2.86. The number of hydrogen-bond acceptors (Lipinski definition) is 6. The van der Waals surface area contributed by atoms with Crippen molar-refractivity contribution in [3.05, 3.63) is 71.9 Å². The number of aromatic hydroxyl groups is 1. The first kappa shape index (κ1) is 17.4. The van der Waals surface area contributed by atoms with Crippen LogP contribution in [0, 0.1) is 10.2 Å². The molecule has 4 rings (SSSR count). The fourth-order valence-corrected chi connectivity index (χ4v) is 2.86. The highest BCUT2D eigenvalue weighted by molar-refractivity contribution is 5.69. The number of aromatic nitrogens is 1. The smallest absolute Gasteiger partial charge is 0.228 e. The molecule has 0 bridgehead atoms. The van der Waals surface area contributed by atoms with Crippen molar-refractivity contribution in [3.8, 4) is 16.9 Å². The summed E-state index contributed by atoms with van der Waals surface area (Å²) in [7, 11) is -4.94. The third kappa shape index (κ3) is 4.16. The summed E-state index contributed by atoms with van der Waals surface area (Å²) >= 11 is 0. The molecular formula is C17H14ClNO6. The van der Waals surface area contributed by atoms with Gasteiger partial charge in [0.05, 0.1) is 18.9 Å². The molecule has 25 heavy (non-hydrogen) atoms. The van der Waals surface area contributed by atoms with E-state index in [1.807, 2.05) is 24.4 Å². The molecule has 2 aromatic heterocycles. The van der Waals surface area contributed by atoms with Gasteiger partial charge in [0.1, 0.15) is 0 Å². The Labute approximate surface area is 145 Å². The first-order valence-electron chi connectivity index (χ1n) is 7.28. The van der Waals surface area contributed by atoms with Crippen molar-refractivity contribution in [2.75, 3.05) is 0 Å². The summed E-state index contributed by atoms with van der Waals surface area (Å²) in [4.78, 5) is 0. The Bertz CT molecular complexity index is 867. The molecule has 0 amide bonds. The monoisotopic (exact) mass is 363 g/mol. The van der Waals surface area contributed by atoms with Gasteiger partial charge in [0.2, 0.25) is 5.69 Å². The molecule has 3 aromatic rings. The van der Waals surface area contributed by atoms with Gasteiger partial charge < -0.3 is 9.52 Å². The molecule has 130 valence electrons. The van der Waals surface area contributed by atoms with Crippen LogP contribution < -0.4 is 23.2 Å². The van der Waals surface area contributed by atoms with E-state index < -0.39 is 10.2 Å². The molecular weight excluding hydrogens is 350 g/mol. The fraction of sp³-hybridized carbons (Fsp3) is 0.118. The Morgan fingerprint density at radius 3 is 2.32 bits per heavy atom. The van der Waals surface area contributed by atoms with Gasteiger partial charge in [-0.25, -0.2) is 18.6 Å². The molecule has 1 aliphatic heterocycles. The maximum atomic E-state index is 10.6. The molecule has 0 fully saturated rings. The van der Waals surface area contributed by atoms with E-state index in [9.17, 15) is 5.11 Å². The van der Waals surface area contributed by atoms with E-state index in [4.69, 9.17) is 23.1 Å². The van der Waals surface area contributed by atoms with Crippen molar-refractivity contribution < 1.29 is 43.0 Å². The first-order chi connectivity index (χ1) is 11.8.